The van der Waals surface area contributed by atoms with Crippen molar-refractivity contribution in [2.24, 2.45) is 5.92 Å². The Hall–Kier alpha value is -1.29. The van der Waals surface area contributed by atoms with Crippen molar-refractivity contribution in [2.45, 2.75) is 40.2 Å². The molecule has 0 fully saturated rings. The first-order valence-corrected chi connectivity index (χ1v) is 6.89. The molecule has 0 aliphatic heterocycles. The Morgan fingerprint density at radius 3 is 2.53 bits per heavy atom. The van der Waals surface area contributed by atoms with Gasteiger partial charge in [0, 0.05) is 18.5 Å². The Morgan fingerprint density at radius 1 is 1.37 bits per heavy atom. The quantitative estimate of drug-likeness (QED) is 0.711. The van der Waals surface area contributed by atoms with Crippen LogP contribution in [0.25, 0.3) is 0 Å². The Bertz CT molecular complexity index is 405. The fourth-order valence-corrected chi connectivity index (χ4v) is 2.09. The highest BCUT2D eigenvalue weighted by Gasteiger charge is 2.21. The fourth-order valence-electron chi connectivity index (χ4n) is 2.09. The summed E-state index contributed by atoms with van der Waals surface area (Å²) < 4.78 is 12.8. The normalized spacial score (nSPS) is 14.4. The van der Waals surface area contributed by atoms with Gasteiger partial charge in [0.15, 0.2) is 5.78 Å². The highest BCUT2D eigenvalue weighted by atomic mass is 19.1. The number of carbonyl (C=O) groups excluding carboxylic acids is 1. The molecule has 0 aliphatic carbocycles. The van der Waals surface area contributed by atoms with Crippen LogP contribution in [0.4, 0.5) is 4.39 Å². The molecule has 0 amide bonds. The molecule has 1 aromatic heterocycles. The van der Waals surface area contributed by atoms with Crippen LogP contribution in [-0.4, -0.2) is 34.8 Å². The van der Waals surface area contributed by atoms with E-state index in [9.17, 15) is 9.18 Å². The van der Waals surface area contributed by atoms with Crippen LogP contribution in [0.15, 0.2) is 18.3 Å². The van der Waals surface area contributed by atoms with Gasteiger partial charge in [0.2, 0.25) is 0 Å². The Labute approximate surface area is 114 Å². The summed E-state index contributed by atoms with van der Waals surface area (Å²) in [5, 5.41) is 0. The maximum absolute atomic E-state index is 12.8. The number of hydrogen-bond donors (Lipinski definition) is 0. The van der Waals surface area contributed by atoms with Gasteiger partial charge < -0.3 is 4.90 Å². The van der Waals surface area contributed by atoms with E-state index in [0.29, 0.717) is 18.3 Å². The van der Waals surface area contributed by atoms with Crippen LogP contribution < -0.4 is 0 Å². The van der Waals surface area contributed by atoms with Gasteiger partial charge in [-0.1, -0.05) is 20.8 Å². The monoisotopic (exact) mass is 266 g/mol. The SMILES string of the molecule is CCC(C)N(CC)CC(C)C(=O)c1ccc(F)cn1. The largest absolute Gasteiger partial charge is 0.300 e. The topological polar surface area (TPSA) is 33.2 Å². The molecule has 0 aliphatic rings. The van der Waals surface area contributed by atoms with Crippen molar-refractivity contribution in [1.29, 1.82) is 0 Å². The Morgan fingerprint density at radius 2 is 2.05 bits per heavy atom. The van der Waals surface area contributed by atoms with E-state index in [1.54, 1.807) is 0 Å². The molecule has 2 atom stereocenters. The van der Waals surface area contributed by atoms with E-state index in [4.69, 9.17) is 0 Å². The van der Waals surface area contributed by atoms with E-state index in [-0.39, 0.29) is 11.7 Å². The van der Waals surface area contributed by atoms with E-state index in [1.807, 2.05) is 6.92 Å². The van der Waals surface area contributed by atoms with Gasteiger partial charge in [0.1, 0.15) is 11.5 Å². The van der Waals surface area contributed by atoms with Crippen LogP contribution >= 0.6 is 0 Å². The molecular formula is C15H23FN2O. The molecule has 0 saturated carbocycles. The molecule has 0 aromatic carbocycles. The number of Topliss-reactive ketones (excluding diaryl/α,β-unsaturated/α-hetero) is 1. The van der Waals surface area contributed by atoms with E-state index < -0.39 is 5.82 Å². The lowest BCUT2D eigenvalue weighted by Gasteiger charge is -2.29. The van der Waals surface area contributed by atoms with Crippen molar-refractivity contribution < 1.29 is 9.18 Å². The number of pyridine rings is 1. The molecule has 19 heavy (non-hydrogen) atoms. The number of halogens is 1. The summed E-state index contributed by atoms with van der Waals surface area (Å²) in [5.74, 6) is -0.576. The first-order valence-electron chi connectivity index (χ1n) is 6.89. The zero-order valence-corrected chi connectivity index (χ0v) is 12.2. The number of aromatic nitrogens is 1. The second-order valence-electron chi connectivity index (χ2n) is 4.97. The second kappa shape index (κ2) is 7.34. The summed E-state index contributed by atoms with van der Waals surface area (Å²) in [7, 11) is 0. The van der Waals surface area contributed by atoms with Crippen molar-refractivity contribution in [3.63, 3.8) is 0 Å². The molecular weight excluding hydrogens is 243 g/mol. The van der Waals surface area contributed by atoms with Crippen molar-refractivity contribution >= 4 is 5.78 Å². The second-order valence-corrected chi connectivity index (χ2v) is 4.97. The first-order chi connectivity index (χ1) is 8.99. The van der Waals surface area contributed by atoms with Crippen molar-refractivity contribution in [1.82, 2.24) is 9.88 Å². The van der Waals surface area contributed by atoms with Gasteiger partial charge in [0.05, 0.1) is 6.20 Å². The molecule has 2 unspecified atom stereocenters. The van der Waals surface area contributed by atoms with Gasteiger partial charge >= 0.3 is 0 Å². The lowest BCUT2D eigenvalue weighted by Crippen LogP contribution is -2.38. The van der Waals surface area contributed by atoms with Gasteiger partial charge in [-0.2, -0.15) is 0 Å². The third kappa shape index (κ3) is 4.39. The van der Waals surface area contributed by atoms with E-state index in [1.165, 1.54) is 12.1 Å². The molecule has 3 nitrogen and oxygen atoms in total. The van der Waals surface area contributed by atoms with Crippen LogP contribution in [0.1, 0.15) is 44.6 Å². The van der Waals surface area contributed by atoms with E-state index in [0.717, 1.165) is 19.2 Å². The average molecular weight is 266 g/mol. The zero-order chi connectivity index (χ0) is 14.4. The fraction of sp³-hybridized carbons (Fsp3) is 0.600. The summed E-state index contributed by atoms with van der Waals surface area (Å²) in [6, 6.07) is 3.19. The van der Waals surface area contributed by atoms with Gasteiger partial charge in [-0.3, -0.25) is 9.78 Å². The average Bonchev–Trinajstić information content (AvgIpc) is 2.43. The zero-order valence-electron chi connectivity index (χ0n) is 12.2. The summed E-state index contributed by atoms with van der Waals surface area (Å²) in [6.07, 6.45) is 2.15. The minimum Gasteiger partial charge on any atom is -0.300 e. The minimum absolute atomic E-state index is 0.0262. The molecule has 0 saturated heterocycles. The maximum atomic E-state index is 12.8. The van der Waals surface area contributed by atoms with Crippen LogP contribution in [0, 0.1) is 11.7 Å². The molecule has 4 heteroatoms. The number of rotatable bonds is 7. The molecule has 1 heterocycles. The molecule has 0 radical (unpaired) electrons. The van der Waals surface area contributed by atoms with Gasteiger partial charge in [-0.05, 0) is 32.0 Å². The predicted molar refractivity (Wildman–Crippen MR) is 74.7 cm³/mol. The number of nitrogens with zero attached hydrogens (tertiary/aromatic N) is 2. The van der Waals surface area contributed by atoms with Crippen molar-refractivity contribution in [3.8, 4) is 0 Å². The number of ketones is 1. The molecule has 1 rings (SSSR count). The first kappa shape index (κ1) is 15.8. The number of carbonyl (C=O) groups is 1. The van der Waals surface area contributed by atoms with Crippen LogP contribution in [-0.2, 0) is 0 Å². The molecule has 0 spiro atoms. The third-order valence-corrected chi connectivity index (χ3v) is 3.56. The molecule has 0 N–H and O–H groups in total. The lowest BCUT2D eigenvalue weighted by atomic mass is 10.0. The van der Waals surface area contributed by atoms with E-state index in [2.05, 4.69) is 30.7 Å². The summed E-state index contributed by atoms with van der Waals surface area (Å²) >= 11 is 0. The molecule has 1 aromatic rings. The minimum atomic E-state index is -0.418. The standard InChI is InChI=1S/C15H23FN2O/c1-5-12(4)18(6-2)10-11(3)15(19)14-8-7-13(16)9-17-14/h7-9,11-12H,5-6,10H2,1-4H3. The van der Waals surface area contributed by atoms with Gasteiger partial charge in [-0.25, -0.2) is 4.39 Å². The Balaban J connectivity index is 2.69. The third-order valence-electron chi connectivity index (χ3n) is 3.56. The van der Waals surface area contributed by atoms with Gasteiger partial charge in [-0.15, -0.1) is 0 Å². The van der Waals surface area contributed by atoms with Crippen LogP contribution in [0.3, 0.4) is 0 Å². The summed E-state index contributed by atoms with van der Waals surface area (Å²) in [6.45, 7) is 9.93. The molecule has 0 bridgehead atoms. The van der Waals surface area contributed by atoms with Crippen molar-refractivity contribution in [3.05, 3.63) is 29.8 Å². The summed E-state index contributed by atoms with van der Waals surface area (Å²) in [4.78, 5) is 18.3. The highest BCUT2D eigenvalue weighted by Crippen LogP contribution is 2.12. The lowest BCUT2D eigenvalue weighted by molar-refractivity contribution is 0.0870. The smallest absolute Gasteiger partial charge is 0.185 e. The highest BCUT2D eigenvalue weighted by molar-refractivity contribution is 5.95. The predicted octanol–water partition coefficient (Wildman–Crippen LogP) is 3.16. The molecule has 106 valence electrons. The van der Waals surface area contributed by atoms with Crippen molar-refractivity contribution in [2.75, 3.05) is 13.1 Å². The maximum Gasteiger partial charge on any atom is 0.185 e. The van der Waals surface area contributed by atoms with Crippen LogP contribution in [0.2, 0.25) is 0 Å². The summed E-state index contributed by atoms with van der Waals surface area (Å²) in [5.41, 5.74) is 0.342. The van der Waals surface area contributed by atoms with E-state index >= 15 is 0 Å². The number of hydrogen-bond acceptors (Lipinski definition) is 3. The van der Waals surface area contributed by atoms with Gasteiger partial charge in [0.25, 0.3) is 0 Å². The Kier molecular flexibility index (Phi) is 6.09. The van der Waals surface area contributed by atoms with Crippen LogP contribution in [0.5, 0.6) is 0 Å².